The number of nitrogens with zero attached hydrogens (tertiary/aromatic N) is 4. The van der Waals surface area contributed by atoms with Crippen molar-refractivity contribution in [2.45, 2.75) is 25.2 Å². The third-order valence-corrected chi connectivity index (χ3v) is 6.69. The van der Waals surface area contributed by atoms with Crippen LogP contribution in [0.3, 0.4) is 0 Å². The van der Waals surface area contributed by atoms with Gasteiger partial charge < -0.3 is 9.80 Å². The van der Waals surface area contributed by atoms with Crippen LogP contribution in [0.1, 0.15) is 20.3 Å². The van der Waals surface area contributed by atoms with Crippen molar-refractivity contribution in [2.24, 2.45) is 0 Å². The lowest BCUT2D eigenvalue weighted by atomic mass is 10.3. The predicted molar refractivity (Wildman–Crippen MR) is 101 cm³/mol. The fourth-order valence-corrected chi connectivity index (χ4v) is 4.50. The molecule has 0 radical (unpaired) electrons. The molecule has 9 nitrogen and oxygen atoms in total. The van der Waals surface area contributed by atoms with Gasteiger partial charge in [-0.05, 0) is 19.2 Å². The number of carbonyl (C=O) groups is 1. The lowest BCUT2D eigenvalue weighted by Crippen LogP contribution is -2.50. The van der Waals surface area contributed by atoms with Crippen LogP contribution in [0.5, 0.6) is 0 Å². The topological polar surface area (TPSA) is 104 Å². The normalized spacial score (nSPS) is 15.9. The number of non-ortho nitro benzene ring substituents is 1. The average molecular weight is 398 g/mol. The predicted octanol–water partition coefficient (Wildman–Crippen LogP) is 1.16. The number of nitro benzene ring substituents is 1. The maximum Gasteiger partial charge on any atom is 0.270 e. The molecule has 0 N–H and O–H groups in total. The molecule has 0 saturated carbocycles. The third kappa shape index (κ3) is 5.24. The van der Waals surface area contributed by atoms with E-state index in [-0.39, 0.29) is 29.6 Å². The van der Waals surface area contributed by atoms with Gasteiger partial charge in [-0.1, -0.05) is 19.9 Å². The molecule has 1 fully saturated rings. The Hall–Kier alpha value is -2.04. The molecule has 2 rings (SSSR count). The molecule has 0 bridgehead atoms. The minimum Gasteiger partial charge on any atom is -0.340 e. The van der Waals surface area contributed by atoms with Crippen LogP contribution in [0.15, 0.2) is 29.2 Å². The van der Waals surface area contributed by atoms with Crippen LogP contribution < -0.4 is 0 Å². The van der Waals surface area contributed by atoms with Gasteiger partial charge in [-0.15, -0.1) is 0 Å². The highest BCUT2D eigenvalue weighted by Crippen LogP contribution is 2.22. The molecule has 1 heterocycles. The molecule has 1 aromatic rings. The van der Waals surface area contributed by atoms with E-state index in [9.17, 15) is 23.3 Å². The first-order chi connectivity index (χ1) is 12.8. The SMILES string of the molecule is CCN(CC)CCC(=O)N1CCN(S(=O)(=O)c2cccc([N+](=O)[O-])c2)CC1. The van der Waals surface area contributed by atoms with Gasteiger partial charge in [0.2, 0.25) is 15.9 Å². The van der Waals surface area contributed by atoms with E-state index in [1.165, 1.54) is 22.5 Å². The minimum absolute atomic E-state index is 0.0225. The summed E-state index contributed by atoms with van der Waals surface area (Å²) in [5.41, 5.74) is -0.263. The summed E-state index contributed by atoms with van der Waals surface area (Å²) in [4.78, 5) is 26.3. The average Bonchev–Trinajstić information content (AvgIpc) is 2.68. The van der Waals surface area contributed by atoms with Crippen LogP contribution in [0.2, 0.25) is 0 Å². The Balaban J connectivity index is 1.97. The molecule has 0 unspecified atom stereocenters. The number of hydrogen-bond donors (Lipinski definition) is 0. The van der Waals surface area contributed by atoms with E-state index in [2.05, 4.69) is 4.90 Å². The van der Waals surface area contributed by atoms with Gasteiger partial charge in [0.1, 0.15) is 0 Å². The van der Waals surface area contributed by atoms with E-state index >= 15 is 0 Å². The van der Waals surface area contributed by atoms with Crippen molar-refractivity contribution in [3.05, 3.63) is 34.4 Å². The molecule has 0 aromatic heterocycles. The molecule has 1 saturated heterocycles. The van der Waals surface area contributed by atoms with Crippen molar-refractivity contribution in [2.75, 3.05) is 45.8 Å². The summed E-state index contributed by atoms with van der Waals surface area (Å²) in [6.45, 7) is 7.58. The number of rotatable bonds is 8. The van der Waals surface area contributed by atoms with Gasteiger partial charge in [-0.25, -0.2) is 8.42 Å². The minimum atomic E-state index is -3.82. The molecule has 10 heteroatoms. The van der Waals surface area contributed by atoms with Crippen molar-refractivity contribution in [1.82, 2.24) is 14.1 Å². The van der Waals surface area contributed by atoms with Gasteiger partial charge in [0, 0.05) is 51.3 Å². The van der Waals surface area contributed by atoms with Crippen molar-refractivity contribution in [3.63, 3.8) is 0 Å². The summed E-state index contributed by atoms with van der Waals surface area (Å²) in [6.07, 6.45) is 0.416. The summed E-state index contributed by atoms with van der Waals surface area (Å²) < 4.78 is 26.7. The second-order valence-electron chi connectivity index (χ2n) is 6.32. The van der Waals surface area contributed by atoms with E-state index < -0.39 is 14.9 Å². The first-order valence-corrected chi connectivity index (χ1v) is 10.5. The summed E-state index contributed by atoms with van der Waals surface area (Å²) in [6, 6.07) is 5.03. The highest BCUT2D eigenvalue weighted by atomic mass is 32.2. The molecule has 150 valence electrons. The molecular formula is C17H26N4O5S. The number of sulfonamides is 1. The van der Waals surface area contributed by atoms with E-state index in [0.29, 0.717) is 26.1 Å². The van der Waals surface area contributed by atoms with Crippen molar-refractivity contribution in [1.29, 1.82) is 0 Å². The molecule has 1 aliphatic heterocycles. The Kier molecular flexibility index (Phi) is 7.28. The van der Waals surface area contributed by atoms with E-state index in [1.807, 2.05) is 13.8 Å². The first kappa shape index (κ1) is 21.3. The number of hydrogen-bond acceptors (Lipinski definition) is 6. The lowest BCUT2D eigenvalue weighted by Gasteiger charge is -2.34. The van der Waals surface area contributed by atoms with E-state index in [4.69, 9.17) is 0 Å². The molecule has 0 aliphatic carbocycles. The summed E-state index contributed by atoms with van der Waals surface area (Å²) in [5, 5.41) is 10.9. The van der Waals surface area contributed by atoms with Crippen LogP contribution >= 0.6 is 0 Å². The zero-order chi connectivity index (χ0) is 20.0. The number of amides is 1. The number of piperazine rings is 1. The Morgan fingerprint density at radius 3 is 2.37 bits per heavy atom. The molecule has 0 spiro atoms. The fourth-order valence-electron chi connectivity index (χ4n) is 3.04. The lowest BCUT2D eigenvalue weighted by molar-refractivity contribution is -0.385. The molecule has 1 aliphatic rings. The molecule has 27 heavy (non-hydrogen) atoms. The Labute approximate surface area is 159 Å². The van der Waals surface area contributed by atoms with Crippen LogP contribution in [-0.2, 0) is 14.8 Å². The molecule has 0 atom stereocenters. The van der Waals surface area contributed by atoms with Gasteiger partial charge in [0.15, 0.2) is 0 Å². The van der Waals surface area contributed by atoms with Gasteiger partial charge in [-0.3, -0.25) is 14.9 Å². The van der Waals surface area contributed by atoms with Crippen molar-refractivity contribution >= 4 is 21.6 Å². The smallest absolute Gasteiger partial charge is 0.270 e. The van der Waals surface area contributed by atoms with Crippen LogP contribution in [0, 0.1) is 10.1 Å². The Morgan fingerprint density at radius 1 is 1.19 bits per heavy atom. The quantitative estimate of drug-likeness (QED) is 0.481. The fraction of sp³-hybridized carbons (Fsp3) is 0.588. The second kappa shape index (κ2) is 9.25. The Bertz CT molecular complexity index is 771. The summed E-state index contributed by atoms with van der Waals surface area (Å²) in [5.74, 6) is 0.0225. The number of benzene rings is 1. The van der Waals surface area contributed by atoms with Crippen LogP contribution in [-0.4, -0.2) is 79.2 Å². The zero-order valence-corrected chi connectivity index (χ0v) is 16.5. The third-order valence-electron chi connectivity index (χ3n) is 4.79. The van der Waals surface area contributed by atoms with Crippen LogP contribution in [0.4, 0.5) is 5.69 Å². The van der Waals surface area contributed by atoms with Gasteiger partial charge >= 0.3 is 0 Å². The second-order valence-corrected chi connectivity index (χ2v) is 8.25. The number of nitro groups is 1. The molecule has 1 amide bonds. The molecular weight excluding hydrogens is 372 g/mol. The standard InChI is InChI=1S/C17H26N4O5S/c1-3-18(4-2)9-8-17(22)19-10-12-20(13-11-19)27(25,26)16-7-5-6-15(14-16)21(23)24/h5-7,14H,3-4,8-13H2,1-2H3. The largest absolute Gasteiger partial charge is 0.340 e. The van der Waals surface area contributed by atoms with Gasteiger partial charge in [0.05, 0.1) is 9.82 Å². The van der Waals surface area contributed by atoms with Crippen molar-refractivity contribution in [3.8, 4) is 0 Å². The highest BCUT2D eigenvalue weighted by molar-refractivity contribution is 7.89. The maximum atomic E-state index is 12.7. The number of carbonyl (C=O) groups excluding carboxylic acids is 1. The van der Waals surface area contributed by atoms with Gasteiger partial charge in [-0.2, -0.15) is 4.31 Å². The van der Waals surface area contributed by atoms with Crippen molar-refractivity contribution < 1.29 is 18.1 Å². The summed E-state index contributed by atoms with van der Waals surface area (Å²) >= 11 is 0. The maximum absolute atomic E-state index is 12.7. The monoisotopic (exact) mass is 398 g/mol. The van der Waals surface area contributed by atoms with Gasteiger partial charge in [0.25, 0.3) is 5.69 Å². The first-order valence-electron chi connectivity index (χ1n) is 9.04. The Morgan fingerprint density at radius 2 is 1.81 bits per heavy atom. The summed E-state index contributed by atoms with van der Waals surface area (Å²) in [7, 11) is -3.82. The van der Waals surface area contributed by atoms with E-state index in [1.54, 1.807) is 4.90 Å². The van der Waals surface area contributed by atoms with E-state index in [0.717, 1.165) is 19.2 Å². The zero-order valence-electron chi connectivity index (χ0n) is 15.7. The highest BCUT2D eigenvalue weighted by Gasteiger charge is 2.30. The van der Waals surface area contributed by atoms with Crippen LogP contribution in [0.25, 0.3) is 0 Å². The molecule has 1 aromatic carbocycles.